The van der Waals surface area contributed by atoms with E-state index >= 15 is 0 Å². The van der Waals surface area contributed by atoms with Crippen molar-refractivity contribution in [3.8, 4) is 0 Å². The fraction of sp³-hybridized carbons (Fsp3) is 1.00. The van der Waals surface area contributed by atoms with Crippen LogP contribution < -0.4 is 0 Å². The second-order valence-electron chi connectivity index (χ2n) is 14.3. The average Bonchev–Trinajstić information content (AvgIpc) is 3.06. The van der Waals surface area contributed by atoms with Gasteiger partial charge in [0.2, 0.25) is 0 Å². The minimum absolute atomic E-state index is 0.541. The molecule has 0 aromatic carbocycles. The van der Waals surface area contributed by atoms with Gasteiger partial charge in [0, 0.05) is 28.4 Å². The predicted molar refractivity (Wildman–Crippen MR) is 168 cm³/mol. The smallest absolute Gasteiger partial charge is 0.324 e. The van der Waals surface area contributed by atoms with E-state index in [-0.39, 0.29) is 0 Å². The van der Waals surface area contributed by atoms with Crippen LogP contribution in [0.2, 0.25) is 0 Å². The first-order chi connectivity index (χ1) is 21.8. The monoisotopic (exact) mass is 698 g/mol. The van der Waals surface area contributed by atoms with Gasteiger partial charge in [-0.1, -0.05) is 78.6 Å². The van der Waals surface area contributed by atoms with Gasteiger partial charge < -0.3 is 18.9 Å². The molecule has 0 spiro atoms. The maximum atomic E-state index is 12.9. The summed E-state index contributed by atoms with van der Waals surface area (Å²) in [6.07, 6.45) is 1.60. The summed E-state index contributed by atoms with van der Waals surface area (Å²) in [6.45, 7) is 6.34. The van der Waals surface area contributed by atoms with Gasteiger partial charge in [-0.25, -0.2) is 0 Å². The Labute approximate surface area is 278 Å². The van der Waals surface area contributed by atoms with Gasteiger partial charge in [-0.2, -0.15) is 35.1 Å². The Morgan fingerprint density at radius 1 is 0.319 bits per heavy atom. The minimum Gasteiger partial charge on any atom is -0.324 e. The molecule has 0 radical (unpaired) electrons. The van der Waals surface area contributed by atoms with E-state index in [9.17, 15) is 35.1 Å². The molecule has 0 aromatic heterocycles. The Bertz CT molecular complexity index is 721. The molecule has 0 atom stereocenters. The fourth-order valence-corrected chi connectivity index (χ4v) is 6.89. The van der Waals surface area contributed by atoms with Crippen molar-refractivity contribution >= 4 is 0 Å². The lowest BCUT2D eigenvalue weighted by Crippen LogP contribution is -2.33. The van der Waals surface area contributed by atoms with E-state index in [2.05, 4.69) is 39.7 Å². The second-order valence-corrected chi connectivity index (χ2v) is 14.3. The second kappa shape index (κ2) is 20.8. The summed E-state index contributed by atoms with van der Waals surface area (Å²) >= 11 is 0. The van der Waals surface area contributed by atoms with Gasteiger partial charge in [0.1, 0.15) is 0 Å². The van der Waals surface area contributed by atoms with Crippen LogP contribution in [-0.4, -0.2) is 52.9 Å². The van der Waals surface area contributed by atoms with Crippen molar-refractivity contribution in [2.24, 2.45) is 41.4 Å². The SMILES string of the molecule is COC(F)(F)C1CCC(C)CC1.COC(F)(F)C1CCC(C)CC1.COC(F)(F)C1CCC(C)CC1.COC(F)(F)C1CCCCC1. The number of rotatable bonds is 8. The standard InChI is InChI=1S/3C9H16F2O.C8H14F2O/c3*1-7-3-5-8(6-4-7)9(10,11)12-2;1-11-8(9,10)7-5-3-2-4-6-7/h3*7-8H,3-6H2,1-2H3;7H,2-6H2,1H3. The van der Waals surface area contributed by atoms with Crippen molar-refractivity contribution in [2.75, 3.05) is 28.4 Å². The molecule has 0 heterocycles. The quantitative estimate of drug-likeness (QED) is 0.237. The molecule has 4 fully saturated rings. The lowest BCUT2D eigenvalue weighted by atomic mass is 9.82. The molecule has 0 aliphatic heterocycles. The first-order valence-electron chi connectivity index (χ1n) is 17.6. The topological polar surface area (TPSA) is 36.9 Å². The van der Waals surface area contributed by atoms with Gasteiger partial charge in [0.15, 0.2) is 0 Å². The minimum atomic E-state index is -2.90. The van der Waals surface area contributed by atoms with E-state index in [1.54, 1.807) is 0 Å². The largest absolute Gasteiger partial charge is 0.358 e. The zero-order valence-corrected chi connectivity index (χ0v) is 29.7. The van der Waals surface area contributed by atoms with Gasteiger partial charge in [-0.15, -0.1) is 0 Å². The van der Waals surface area contributed by atoms with E-state index in [1.165, 1.54) is 0 Å². The van der Waals surface area contributed by atoms with Crippen molar-refractivity contribution in [1.82, 2.24) is 0 Å². The third kappa shape index (κ3) is 15.8. The summed E-state index contributed by atoms with van der Waals surface area (Å²) in [7, 11) is 4.32. The molecule has 47 heavy (non-hydrogen) atoms. The average molecular weight is 699 g/mol. The lowest BCUT2D eigenvalue weighted by Gasteiger charge is -2.30. The Hall–Kier alpha value is -0.720. The molecule has 12 heteroatoms. The molecular weight excluding hydrogens is 636 g/mol. The van der Waals surface area contributed by atoms with Crippen LogP contribution in [0.15, 0.2) is 0 Å². The molecule has 0 saturated heterocycles. The van der Waals surface area contributed by atoms with Crippen molar-refractivity contribution < 1.29 is 54.1 Å². The molecule has 0 unspecified atom stereocenters. The normalized spacial score (nSPS) is 29.7. The highest BCUT2D eigenvalue weighted by Crippen LogP contribution is 2.41. The van der Waals surface area contributed by atoms with Crippen LogP contribution in [0.1, 0.15) is 130 Å². The number of hydrogen-bond acceptors (Lipinski definition) is 4. The highest BCUT2D eigenvalue weighted by Gasteiger charge is 2.43. The molecule has 282 valence electrons. The first kappa shape index (κ1) is 44.3. The van der Waals surface area contributed by atoms with Gasteiger partial charge in [0.25, 0.3) is 0 Å². The molecule has 4 rings (SSSR count). The molecule has 4 nitrogen and oxygen atoms in total. The number of hydrogen-bond donors (Lipinski definition) is 0. The van der Waals surface area contributed by atoms with Crippen molar-refractivity contribution in [2.45, 2.75) is 154 Å². The van der Waals surface area contributed by atoms with Gasteiger partial charge >= 0.3 is 24.4 Å². The van der Waals surface area contributed by atoms with Crippen LogP contribution in [0.4, 0.5) is 35.1 Å². The van der Waals surface area contributed by atoms with E-state index in [0.29, 0.717) is 69.1 Å². The number of halogens is 8. The summed E-state index contributed by atoms with van der Waals surface area (Å²) in [4.78, 5) is 0. The molecular formula is C35H62F8O4. The van der Waals surface area contributed by atoms with Gasteiger partial charge in [0.05, 0.1) is 23.7 Å². The van der Waals surface area contributed by atoms with Crippen molar-refractivity contribution in [3.63, 3.8) is 0 Å². The zero-order chi connectivity index (χ0) is 35.9. The van der Waals surface area contributed by atoms with Crippen LogP contribution in [0.5, 0.6) is 0 Å². The van der Waals surface area contributed by atoms with Crippen molar-refractivity contribution in [3.05, 3.63) is 0 Å². The van der Waals surface area contributed by atoms with E-state index in [0.717, 1.165) is 86.2 Å². The Balaban J connectivity index is 0.000000314. The third-order valence-electron chi connectivity index (χ3n) is 10.6. The molecule has 0 bridgehead atoms. The van der Waals surface area contributed by atoms with Crippen LogP contribution >= 0.6 is 0 Å². The van der Waals surface area contributed by atoms with E-state index in [4.69, 9.17) is 0 Å². The zero-order valence-electron chi connectivity index (χ0n) is 29.7. The van der Waals surface area contributed by atoms with Gasteiger partial charge in [-0.05, 0) is 69.1 Å². The molecule has 0 amide bonds. The van der Waals surface area contributed by atoms with Crippen LogP contribution in [0, 0.1) is 41.4 Å². The lowest BCUT2D eigenvalue weighted by molar-refractivity contribution is -0.263. The van der Waals surface area contributed by atoms with Crippen LogP contribution in [0.25, 0.3) is 0 Å². The number of alkyl halides is 8. The predicted octanol–water partition coefficient (Wildman–Crippen LogP) is 12.0. The summed E-state index contributed by atoms with van der Waals surface area (Å²) in [5.74, 6) is -0.394. The molecule has 4 saturated carbocycles. The number of methoxy groups -OCH3 is 4. The number of ether oxygens (including phenoxy) is 4. The van der Waals surface area contributed by atoms with Crippen LogP contribution in [-0.2, 0) is 18.9 Å². The summed E-state index contributed by atoms with van der Waals surface area (Å²) in [5.41, 5.74) is 0. The Morgan fingerprint density at radius 2 is 0.511 bits per heavy atom. The third-order valence-corrected chi connectivity index (χ3v) is 10.6. The summed E-state index contributed by atoms with van der Waals surface area (Å²) in [6, 6.07) is 0. The van der Waals surface area contributed by atoms with E-state index in [1.807, 2.05) is 0 Å². The first-order valence-corrected chi connectivity index (χ1v) is 17.6. The Kier molecular flexibility index (Phi) is 19.6. The maximum Gasteiger partial charge on any atom is 0.358 e. The van der Waals surface area contributed by atoms with Gasteiger partial charge in [-0.3, -0.25) is 0 Å². The molecule has 4 aliphatic rings. The fourth-order valence-electron chi connectivity index (χ4n) is 6.89. The summed E-state index contributed by atoms with van der Waals surface area (Å²) in [5, 5.41) is 0. The van der Waals surface area contributed by atoms with E-state index < -0.39 is 48.1 Å². The molecule has 0 N–H and O–H groups in total. The molecule has 0 aromatic rings. The molecule has 4 aliphatic carbocycles. The highest BCUT2D eigenvalue weighted by molar-refractivity contribution is 4.78. The Morgan fingerprint density at radius 3 is 0.702 bits per heavy atom. The highest BCUT2D eigenvalue weighted by atomic mass is 19.3. The summed E-state index contributed by atoms with van der Waals surface area (Å²) < 4.78 is 120. The maximum absolute atomic E-state index is 12.9. The van der Waals surface area contributed by atoms with Crippen molar-refractivity contribution in [1.29, 1.82) is 0 Å². The van der Waals surface area contributed by atoms with Crippen LogP contribution in [0.3, 0.4) is 0 Å².